The predicted octanol–water partition coefficient (Wildman–Crippen LogP) is 1.95. The van der Waals surface area contributed by atoms with E-state index in [2.05, 4.69) is 31.4 Å². The van der Waals surface area contributed by atoms with Gasteiger partial charge in [-0.2, -0.15) is 0 Å². The fourth-order valence-electron chi connectivity index (χ4n) is 1.76. The third-order valence-corrected chi connectivity index (χ3v) is 3.45. The van der Waals surface area contributed by atoms with Gasteiger partial charge < -0.3 is 10.6 Å². The summed E-state index contributed by atoms with van der Waals surface area (Å²) in [6, 6.07) is 0. The molecule has 4 nitrogen and oxygen atoms in total. The Balaban J connectivity index is 2.40. The quantitative estimate of drug-likeness (QED) is 0.563. The Labute approximate surface area is 102 Å². The molecule has 0 fully saturated rings. The second kappa shape index (κ2) is 5.34. The first-order valence-electron chi connectivity index (χ1n) is 6.18. The van der Waals surface area contributed by atoms with E-state index in [0.717, 1.165) is 25.8 Å². The third kappa shape index (κ3) is 3.08. The van der Waals surface area contributed by atoms with Gasteiger partial charge in [0.1, 0.15) is 11.4 Å². The lowest BCUT2D eigenvalue weighted by Gasteiger charge is -2.22. The van der Waals surface area contributed by atoms with Gasteiger partial charge in [-0.3, -0.25) is 9.59 Å². The number of rotatable bonds is 7. The van der Waals surface area contributed by atoms with Crippen molar-refractivity contribution in [2.75, 3.05) is 24.2 Å². The molecule has 1 rings (SSSR count). The van der Waals surface area contributed by atoms with E-state index in [1.807, 2.05) is 0 Å². The maximum Gasteiger partial charge on any atom is 0.253 e. The molecule has 0 heterocycles. The normalized spacial score (nSPS) is 11.8. The topological polar surface area (TPSA) is 58.2 Å². The molecule has 0 amide bonds. The number of hydrogen-bond donors (Lipinski definition) is 2. The first-order valence-corrected chi connectivity index (χ1v) is 6.18. The second-order valence-corrected chi connectivity index (χ2v) is 5.21. The van der Waals surface area contributed by atoms with Gasteiger partial charge in [-0.25, -0.2) is 0 Å². The van der Waals surface area contributed by atoms with Crippen molar-refractivity contribution in [3.05, 3.63) is 20.4 Å². The molecule has 0 radical (unpaired) electrons. The van der Waals surface area contributed by atoms with Crippen LogP contribution in [0.2, 0.25) is 0 Å². The van der Waals surface area contributed by atoms with Crippen molar-refractivity contribution in [3.63, 3.8) is 0 Å². The van der Waals surface area contributed by atoms with Crippen LogP contribution in [0.4, 0.5) is 11.4 Å². The van der Waals surface area contributed by atoms with Crippen LogP contribution in [0.5, 0.6) is 0 Å². The minimum absolute atomic E-state index is 0.349. The van der Waals surface area contributed by atoms with E-state index in [-0.39, 0.29) is 0 Å². The highest BCUT2D eigenvalue weighted by atomic mass is 16.2. The molecule has 96 valence electrons. The first-order chi connectivity index (χ1) is 7.93. The van der Waals surface area contributed by atoms with E-state index in [1.54, 1.807) is 7.05 Å². The van der Waals surface area contributed by atoms with Crippen molar-refractivity contribution in [3.8, 4) is 0 Å². The molecule has 4 heteroatoms. The molecular weight excluding hydrogens is 216 g/mol. The van der Waals surface area contributed by atoms with Gasteiger partial charge in [0.2, 0.25) is 0 Å². The standard InChI is InChI=1S/C13H22N2O2/c1-5-13(2,3)7-6-8-15-10-9(14-4)11(16)12(10)17/h14-15H,5-8H2,1-4H3. The Morgan fingerprint density at radius 1 is 1.12 bits per heavy atom. The van der Waals surface area contributed by atoms with E-state index in [4.69, 9.17) is 0 Å². The van der Waals surface area contributed by atoms with Crippen LogP contribution in [-0.4, -0.2) is 13.6 Å². The number of anilines is 2. The van der Waals surface area contributed by atoms with Gasteiger partial charge in [0.15, 0.2) is 0 Å². The summed E-state index contributed by atoms with van der Waals surface area (Å²) in [7, 11) is 1.65. The zero-order valence-electron chi connectivity index (χ0n) is 11.1. The Morgan fingerprint density at radius 3 is 2.24 bits per heavy atom. The molecule has 0 unspecified atom stereocenters. The SMILES string of the molecule is CCC(C)(C)CCCNc1c(NC)c(=O)c1=O. The maximum absolute atomic E-state index is 11.3. The van der Waals surface area contributed by atoms with Crippen molar-refractivity contribution >= 4 is 11.4 Å². The van der Waals surface area contributed by atoms with Gasteiger partial charge in [0, 0.05) is 13.6 Å². The molecule has 2 N–H and O–H groups in total. The first kappa shape index (κ1) is 13.7. The largest absolute Gasteiger partial charge is 0.383 e. The summed E-state index contributed by atoms with van der Waals surface area (Å²) in [5.41, 5.74) is 0.408. The fraction of sp³-hybridized carbons (Fsp3) is 0.692. The summed E-state index contributed by atoms with van der Waals surface area (Å²) in [4.78, 5) is 22.4. The van der Waals surface area contributed by atoms with E-state index < -0.39 is 10.9 Å². The minimum Gasteiger partial charge on any atom is -0.383 e. The fourth-order valence-corrected chi connectivity index (χ4v) is 1.76. The van der Waals surface area contributed by atoms with Crippen molar-refractivity contribution in [1.82, 2.24) is 0 Å². The lowest BCUT2D eigenvalue weighted by Crippen LogP contribution is -2.37. The van der Waals surface area contributed by atoms with Gasteiger partial charge in [-0.05, 0) is 18.3 Å². The smallest absolute Gasteiger partial charge is 0.253 e. The Hall–Kier alpha value is -1.32. The molecule has 0 atom stereocenters. The molecule has 17 heavy (non-hydrogen) atoms. The average molecular weight is 238 g/mol. The molecule has 1 aromatic rings. The molecule has 0 aromatic heterocycles. The summed E-state index contributed by atoms with van der Waals surface area (Å²) in [5.74, 6) is 0. The van der Waals surface area contributed by atoms with Crippen LogP contribution in [-0.2, 0) is 0 Å². The van der Waals surface area contributed by atoms with Crippen molar-refractivity contribution < 1.29 is 0 Å². The van der Waals surface area contributed by atoms with Crippen LogP contribution >= 0.6 is 0 Å². The molecule has 0 spiro atoms. The monoisotopic (exact) mass is 238 g/mol. The van der Waals surface area contributed by atoms with Crippen LogP contribution in [0.3, 0.4) is 0 Å². The van der Waals surface area contributed by atoms with Crippen LogP contribution in [0, 0.1) is 5.41 Å². The summed E-state index contributed by atoms with van der Waals surface area (Å²) in [6.07, 6.45) is 3.26. The van der Waals surface area contributed by atoms with E-state index >= 15 is 0 Å². The number of hydrogen-bond acceptors (Lipinski definition) is 4. The molecule has 0 aliphatic carbocycles. The van der Waals surface area contributed by atoms with Crippen molar-refractivity contribution in [2.24, 2.45) is 5.41 Å². The van der Waals surface area contributed by atoms with Crippen molar-refractivity contribution in [1.29, 1.82) is 0 Å². The molecule has 0 bridgehead atoms. The summed E-state index contributed by atoms with van der Waals surface area (Å²) < 4.78 is 0. The lowest BCUT2D eigenvalue weighted by molar-refractivity contribution is 0.316. The molecule has 0 aliphatic rings. The molecule has 0 saturated carbocycles. The highest BCUT2D eigenvalue weighted by molar-refractivity contribution is 5.73. The lowest BCUT2D eigenvalue weighted by atomic mass is 9.85. The van der Waals surface area contributed by atoms with Gasteiger partial charge in [0.05, 0.1) is 0 Å². The minimum atomic E-state index is -0.413. The molecular formula is C13H22N2O2. The second-order valence-electron chi connectivity index (χ2n) is 5.21. The zero-order valence-corrected chi connectivity index (χ0v) is 11.1. The third-order valence-electron chi connectivity index (χ3n) is 3.45. The molecule has 1 aromatic carbocycles. The van der Waals surface area contributed by atoms with Gasteiger partial charge in [-0.15, -0.1) is 0 Å². The zero-order chi connectivity index (χ0) is 13.1. The number of nitrogens with one attached hydrogen (secondary N) is 2. The van der Waals surface area contributed by atoms with Crippen LogP contribution in [0.1, 0.15) is 40.0 Å². The summed E-state index contributed by atoms with van der Waals surface area (Å²) >= 11 is 0. The highest BCUT2D eigenvalue weighted by Gasteiger charge is 2.19. The van der Waals surface area contributed by atoms with E-state index in [9.17, 15) is 9.59 Å². The maximum atomic E-state index is 11.3. The van der Waals surface area contributed by atoms with Gasteiger partial charge in [0.25, 0.3) is 10.9 Å². The van der Waals surface area contributed by atoms with Crippen LogP contribution in [0.15, 0.2) is 9.59 Å². The Bertz CT molecular complexity index is 442. The van der Waals surface area contributed by atoms with Gasteiger partial charge in [-0.1, -0.05) is 27.2 Å². The Morgan fingerprint density at radius 2 is 1.71 bits per heavy atom. The van der Waals surface area contributed by atoms with Crippen molar-refractivity contribution in [2.45, 2.75) is 40.0 Å². The van der Waals surface area contributed by atoms with Crippen LogP contribution < -0.4 is 21.5 Å². The molecule has 0 saturated heterocycles. The van der Waals surface area contributed by atoms with E-state index in [1.165, 1.54) is 0 Å². The summed E-state index contributed by atoms with van der Waals surface area (Å²) in [5, 5.41) is 5.79. The molecule has 0 aliphatic heterocycles. The summed E-state index contributed by atoms with van der Waals surface area (Å²) in [6.45, 7) is 7.40. The van der Waals surface area contributed by atoms with Gasteiger partial charge >= 0.3 is 0 Å². The average Bonchev–Trinajstić information content (AvgIpc) is 2.32. The highest BCUT2D eigenvalue weighted by Crippen LogP contribution is 2.26. The predicted molar refractivity (Wildman–Crippen MR) is 72.7 cm³/mol. The van der Waals surface area contributed by atoms with Crippen LogP contribution in [0.25, 0.3) is 0 Å². The van der Waals surface area contributed by atoms with E-state index in [0.29, 0.717) is 16.8 Å². The Kier molecular flexibility index (Phi) is 4.32.